The van der Waals surface area contributed by atoms with E-state index in [9.17, 15) is 4.79 Å². The van der Waals surface area contributed by atoms with Crippen LogP contribution in [-0.2, 0) is 9.53 Å². The van der Waals surface area contributed by atoms with Gasteiger partial charge in [0.2, 0.25) is 0 Å². The second-order valence-corrected chi connectivity index (χ2v) is 6.38. The average Bonchev–Trinajstić information content (AvgIpc) is 3.11. The Morgan fingerprint density at radius 3 is 2.75 bits per heavy atom. The van der Waals surface area contributed by atoms with Crippen molar-refractivity contribution in [3.63, 3.8) is 0 Å². The zero-order valence-electron chi connectivity index (χ0n) is 13.1. The van der Waals surface area contributed by atoms with Gasteiger partial charge in [-0.15, -0.1) is 0 Å². The van der Waals surface area contributed by atoms with Crippen molar-refractivity contribution in [1.29, 1.82) is 0 Å². The molecule has 20 heavy (non-hydrogen) atoms. The first-order valence-electron chi connectivity index (χ1n) is 7.88. The van der Waals surface area contributed by atoms with Gasteiger partial charge in [0, 0.05) is 25.7 Å². The van der Waals surface area contributed by atoms with E-state index in [0.717, 1.165) is 19.0 Å². The first-order valence-corrected chi connectivity index (χ1v) is 7.88. The molecule has 2 atom stereocenters. The lowest BCUT2D eigenvalue weighted by Crippen LogP contribution is -2.47. The van der Waals surface area contributed by atoms with Crippen molar-refractivity contribution in [3.05, 3.63) is 0 Å². The summed E-state index contributed by atoms with van der Waals surface area (Å²) in [5.41, 5.74) is 0. The number of nitrogens with one attached hydrogen (secondary N) is 1. The second kappa shape index (κ2) is 7.38. The fraction of sp³-hybridized carbons (Fsp3) is 0.933. The van der Waals surface area contributed by atoms with Gasteiger partial charge < -0.3 is 19.9 Å². The molecule has 0 amide bonds. The summed E-state index contributed by atoms with van der Waals surface area (Å²) in [5, 5.41) is 3.41. The molecule has 2 aliphatic rings. The molecule has 0 aromatic carbocycles. The molecule has 0 bridgehead atoms. The summed E-state index contributed by atoms with van der Waals surface area (Å²) in [5.74, 6) is 0.628. The van der Waals surface area contributed by atoms with Crippen LogP contribution in [0.3, 0.4) is 0 Å². The second-order valence-electron chi connectivity index (χ2n) is 6.38. The summed E-state index contributed by atoms with van der Waals surface area (Å²) < 4.78 is 5.18. The molecule has 1 heterocycles. The third kappa shape index (κ3) is 5.04. The van der Waals surface area contributed by atoms with E-state index in [0.29, 0.717) is 12.6 Å². The highest BCUT2D eigenvalue weighted by Crippen LogP contribution is 2.20. The molecule has 0 radical (unpaired) electrons. The summed E-state index contributed by atoms with van der Waals surface area (Å²) in [6.07, 6.45) is 3.64. The molecule has 0 aromatic heterocycles. The van der Waals surface area contributed by atoms with E-state index in [-0.39, 0.29) is 12.0 Å². The van der Waals surface area contributed by atoms with Gasteiger partial charge in [0.1, 0.15) is 6.04 Å². The van der Waals surface area contributed by atoms with E-state index in [2.05, 4.69) is 29.2 Å². The molecule has 1 saturated heterocycles. The SMILES string of the molecule is CCOC(=O)C(CN(C)CC1CCN(C)C1)NC1CC1. The quantitative estimate of drug-likeness (QED) is 0.659. The van der Waals surface area contributed by atoms with Crippen molar-refractivity contribution in [2.75, 3.05) is 46.9 Å². The molecule has 1 aliphatic heterocycles. The first-order chi connectivity index (χ1) is 9.58. The lowest BCUT2D eigenvalue weighted by Gasteiger charge is -2.26. The van der Waals surface area contributed by atoms with Crippen LogP contribution in [0.4, 0.5) is 0 Å². The van der Waals surface area contributed by atoms with Crippen molar-refractivity contribution in [2.45, 2.75) is 38.3 Å². The highest BCUT2D eigenvalue weighted by atomic mass is 16.5. The molecule has 2 unspecified atom stereocenters. The van der Waals surface area contributed by atoms with Gasteiger partial charge in [-0.2, -0.15) is 0 Å². The first kappa shape index (κ1) is 15.7. The van der Waals surface area contributed by atoms with Crippen LogP contribution >= 0.6 is 0 Å². The van der Waals surface area contributed by atoms with Gasteiger partial charge in [-0.05, 0) is 52.7 Å². The van der Waals surface area contributed by atoms with Crippen molar-refractivity contribution in [2.24, 2.45) is 5.92 Å². The van der Waals surface area contributed by atoms with E-state index in [1.54, 1.807) is 0 Å². The smallest absolute Gasteiger partial charge is 0.324 e. The summed E-state index contributed by atoms with van der Waals surface area (Å²) in [7, 11) is 4.29. The number of ether oxygens (including phenoxy) is 1. The summed E-state index contributed by atoms with van der Waals surface area (Å²) in [4.78, 5) is 16.7. The number of rotatable bonds is 8. The number of nitrogens with zero attached hydrogens (tertiary/aromatic N) is 2. The molecular formula is C15H29N3O2. The molecule has 1 aliphatic carbocycles. The molecule has 2 fully saturated rings. The van der Waals surface area contributed by atoms with Crippen LogP contribution in [0.1, 0.15) is 26.2 Å². The Morgan fingerprint density at radius 1 is 1.45 bits per heavy atom. The number of esters is 1. The highest BCUT2D eigenvalue weighted by Gasteiger charge is 2.30. The predicted octanol–water partition coefficient (Wildman–Crippen LogP) is 0.554. The number of likely N-dealkylation sites (tertiary alicyclic amines) is 1. The van der Waals surface area contributed by atoms with Crippen LogP contribution < -0.4 is 5.32 Å². The Balaban J connectivity index is 1.77. The molecular weight excluding hydrogens is 254 g/mol. The fourth-order valence-corrected chi connectivity index (χ4v) is 2.97. The largest absolute Gasteiger partial charge is 0.465 e. The highest BCUT2D eigenvalue weighted by molar-refractivity contribution is 5.76. The Morgan fingerprint density at radius 2 is 2.20 bits per heavy atom. The van der Waals surface area contributed by atoms with Crippen LogP contribution in [-0.4, -0.2) is 74.7 Å². The van der Waals surface area contributed by atoms with Crippen LogP contribution in [0.15, 0.2) is 0 Å². The maximum Gasteiger partial charge on any atom is 0.324 e. The molecule has 1 saturated carbocycles. The number of likely N-dealkylation sites (N-methyl/N-ethyl adjacent to an activating group) is 1. The lowest BCUT2D eigenvalue weighted by molar-refractivity contribution is -0.146. The Labute approximate surface area is 122 Å². The maximum atomic E-state index is 12.0. The van der Waals surface area contributed by atoms with Crippen LogP contribution in [0.25, 0.3) is 0 Å². The molecule has 2 rings (SSSR count). The third-order valence-electron chi connectivity index (χ3n) is 4.14. The van der Waals surface area contributed by atoms with Crippen molar-refractivity contribution >= 4 is 5.97 Å². The van der Waals surface area contributed by atoms with Crippen molar-refractivity contribution in [1.82, 2.24) is 15.1 Å². The van der Waals surface area contributed by atoms with E-state index in [4.69, 9.17) is 4.74 Å². The summed E-state index contributed by atoms with van der Waals surface area (Å²) >= 11 is 0. The minimum absolute atomic E-state index is 0.102. The predicted molar refractivity (Wildman–Crippen MR) is 79.7 cm³/mol. The molecule has 5 nitrogen and oxygen atoms in total. The van der Waals surface area contributed by atoms with E-state index in [1.807, 2.05) is 6.92 Å². The van der Waals surface area contributed by atoms with Gasteiger partial charge in [0.15, 0.2) is 0 Å². The zero-order valence-corrected chi connectivity index (χ0v) is 13.1. The van der Waals surface area contributed by atoms with Crippen molar-refractivity contribution < 1.29 is 9.53 Å². The monoisotopic (exact) mass is 283 g/mol. The van der Waals surface area contributed by atoms with Crippen LogP contribution in [0.2, 0.25) is 0 Å². The Hall–Kier alpha value is -0.650. The summed E-state index contributed by atoms with van der Waals surface area (Å²) in [6.45, 7) is 6.50. The number of carbonyl (C=O) groups excluding carboxylic acids is 1. The van der Waals surface area contributed by atoms with Crippen LogP contribution in [0, 0.1) is 5.92 Å². The van der Waals surface area contributed by atoms with E-state index < -0.39 is 0 Å². The van der Waals surface area contributed by atoms with Gasteiger partial charge >= 0.3 is 5.97 Å². The Kier molecular flexibility index (Phi) is 5.81. The molecule has 116 valence electrons. The minimum Gasteiger partial charge on any atom is -0.465 e. The fourth-order valence-electron chi connectivity index (χ4n) is 2.97. The standard InChI is InChI=1S/C15H29N3O2/c1-4-20-15(19)14(16-13-5-6-13)11-18(3)10-12-7-8-17(2)9-12/h12-14,16H,4-11H2,1-3H3. The molecule has 0 aromatic rings. The van der Waals surface area contributed by atoms with Crippen molar-refractivity contribution in [3.8, 4) is 0 Å². The minimum atomic E-state index is -0.174. The maximum absolute atomic E-state index is 12.0. The van der Waals surface area contributed by atoms with E-state index in [1.165, 1.54) is 32.4 Å². The van der Waals surface area contributed by atoms with Gasteiger partial charge in [-0.25, -0.2) is 0 Å². The average molecular weight is 283 g/mol. The van der Waals surface area contributed by atoms with Gasteiger partial charge in [-0.1, -0.05) is 0 Å². The summed E-state index contributed by atoms with van der Waals surface area (Å²) in [6, 6.07) is 0.349. The number of hydrogen-bond donors (Lipinski definition) is 1. The zero-order chi connectivity index (χ0) is 14.5. The van der Waals surface area contributed by atoms with Gasteiger partial charge in [0.25, 0.3) is 0 Å². The molecule has 5 heteroatoms. The lowest BCUT2D eigenvalue weighted by atomic mass is 10.1. The topological polar surface area (TPSA) is 44.8 Å². The normalized spacial score (nSPS) is 25.1. The molecule has 1 N–H and O–H groups in total. The Bertz CT molecular complexity index is 320. The number of carbonyl (C=O) groups is 1. The van der Waals surface area contributed by atoms with E-state index >= 15 is 0 Å². The third-order valence-corrected chi connectivity index (χ3v) is 4.14. The van der Waals surface area contributed by atoms with Crippen LogP contribution in [0.5, 0.6) is 0 Å². The molecule has 0 spiro atoms. The van der Waals surface area contributed by atoms with Gasteiger partial charge in [0.05, 0.1) is 6.61 Å². The van der Waals surface area contributed by atoms with Gasteiger partial charge in [-0.3, -0.25) is 4.79 Å². The number of hydrogen-bond acceptors (Lipinski definition) is 5.